The Kier molecular flexibility index (Phi) is 2.66. The highest BCUT2D eigenvalue weighted by atomic mass is 16.4. The predicted molar refractivity (Wildman–Crippen MR) is 74.7 cm³/mol. The zero-order valence-corrected chi connectivity index (χ0v) is 11.1. The van der Waals surface area contributed by atoms with Gasteiger partial charge in [0.2, 0.25) is 0 Å². The van der Waals surface area contributed by atoms with Crippen molar-refractivity contribution in [3.8, 4) is 0 Å². The topological polar surface area (TPSA) is 33.4 Å². The molecule has 2 fully saturated rings. The lowest BCUT2D eigenvalue weighted by Gasteiger charge is -2.23. The molecular weight excluding hydrogens is 236 g/mol. The van der Waals surface area contributed by atoms with Crippen LogP contribution in [-0.4, -0.2) is 5.11 Å². The van der Waals surface area contributed by atoms with E-state index in [4.69, 9.17) is 4.42 Å². The summed E-state index contributed by atoms with van der Waals surface area (Å²) in [5, 5.41) is 11.5. The highest BCUT2D eigenvalue weighted by Crippen LogP contribution is 2.51. The third-order valence-corrected chi connectivity index (χ3v) is 5.18. The molecule has 0 saturated heterocycles. The van der Waals surface area contributed by atoms with Crippen LogP contribution in [0.25, 0.3) is 11.0 Å². The molecule has 1 heterocycles. The van der Waals surface area contributed by atoms with Crippen molar-refractivity contribution in [2.45, 2.75) is 38.2 Å². The molecule has 100 valence electrons. The molecule has 19 heavy (non-hydrogen) atoms. The Labute approximate surface area is 113 Å². The van der Waals surface area contributed by atoms with Crippen molar-refractivity contribution in [3.05, 3.63) is 36.1 Å². The van der Waals surface area contributed by atoms with Gasteiger partial charge in [0.25, 0.3) is 0 Å². The summed E-state index contributed by atoms with van der Waals surface area (Å²) in [7, 11) is 0. The molecular formula is C17H20O2. The largest absolute Gasteiger partial charge is 0.458 e. The van der Waals surface area contributed by atoms with E-state index in [1.54, 1.807) is 0 Å². The monoisotopic (exact) mass is 256 g/mol. The first-order valence-corrected chi connectivity index (χ1v) is 7.46. The van der Waals surface area contributed by atoms with E-state index in [2.05, 4.69) is 0 Å². The van der Waals surface area contributed by atoms with Crippen LogP contribution in [0.2, 0.25) is 0 Å². The van der Waals surface area contributed by atoms with E-state index < -0.39 is 6.10 Å². The number of furan rings is 1. The lowest BCUT2D eigenvalue weighted by atomic mass is 9.84. The SMILES string of the molecule is OC(CC1CC2CCC1C2)c1cc2ccccc2o1. The molecule has 2 saturated carbocycles. The van der Waals surface area contributed by atoms with E-state index in [1.807, 2.05) is 30.3 Å². The van der Waals surface area contributed by atoms with E-state index in [-0.39, 0.29) is 0 Å². The quantitative estimate of drug-likeness (QED) is 0.888. The number of hydrogen-bond donors (Lipinski definition) is 1. The summed E-state index contributed by atoms with van der Waals surface area (Å²) in [6.07, 6.45) is 5.96. The van der Waals surface area contributed by atoms with E-state index in [0.29, 0.717) is 5.92 Å². The maximum absolute atomic E-state index is 10.4. The number of para-hydroxylation sites is 1. The fourth-order valence-corrected chi connectivity index (χ4v) is 4.23. The van der Waals surface area contributed by atoms with E-state index >= 15 is 0 Å². The highest BCUT2D eigenvalue weighted by Gasteiger charge is 2.40. The smallest absolute Gasteiger partial charge is 0.134 e. The number of aliphatic hydroxyl groups is 1. The average Bonchev–Trinajstić information content (AvgIpc) is 3.12. The van der Waals surface area contributed by atoms with Gasteiger partial charge in [-0.1, -0.05) is 24.6 Å². The number of rotatable bonds is 3. The molecule has 2 aromatic rings. The molecule has 2 bridgehead atoms. The lowest BCUT2D eigenvalue weighted by Crippen LogP contribution is -2.14. The number of hydrogen-bond acceptors (Lipinski definition) is 2. The van der Waals surface area contributed by atoms with Gasteiger partial charge < -0.3 is 9.52 Å². The van der Waals surface area contributed by atoms with Crippen LogP contribution in [0.3, 0.4) is 0 Å². The average molecular weight is 256 g/mol. The number of aliphatic hydroxyl groups excluding tert-OH is 1. The Morgan fingerprint density at radius 1 is 1.21 bits per heavy atom. The van der Waals surface area contributed by atoms with Crippen LogP contribution in [0.5, 0.6) is 0 Å². The molecule has 2 aliphatic rings. The number of benzene rings is 1. The van der Waals surface area contributed by atoms with Gasteiger partial charge in [0.05, 0.1) is 0 Å². The van der Waals surface area contributed by atoms with Crippen LogP contribution >= 0.6 is 0 Å². The van der Waals surface area contributed by atoms with Gasteiger partial charge in [-0.25, -0.2) is 0 Å². The molecule has 0 spiro atoms. The van der Waals surface area contributed by atoms with Crippen LogP contribution in [0.1, 0.15) is 44.0 Å². The molecule has 0 aliphatic heterocycles. The first-order chi connectivity index (χ1) is 9.29. The fourth-order valence-electron chi connectivity index (χ4n) is 4.23. The molecule has 0 amide bonds. The molecule has 2 aliphatic carbocycles. The van der Waals surface area contributed by atoms with Crippen LogP contribution < -0.4 is 0 Å². The predicted octanol–water partition coefficient (Wildman–Crippen LogP) is 4.29. The second kappa shape index (κ2) is 4.38. The minimum atomic E-state index is -0.434. The summed E-state index contributed by atoms with van der Waals surface area (Å²) < 4.78 is 5.77. The van der Waals surface area contributed by atoms with Crippen LogP contribution in [0, 0.1) is 17.8 Å². The van der Waals surface area contributed by atoms with E-state index in [9.17, 15) is 5.11 Å². The minimum absolute atomic E-state index is 0.434. The van der Waals surface area contributed by atoms with Gasteiger partial charge >= 0.3 is 0 Å². The molecule has 2 heteroatoms. The fraction of sp³-hybridized carbons (Fsp3) is 0.529. The van der Waals surface area contributed by atoms with Crippen LogP contribution in [0.15, 0.2) is 34.7 Å². The maximum Gasteiger partial charge on any atom is 0.134 e. The summed E-state index contributed by atoms with van der Waals surface area (Å²) in [4.78, 5) is 0. The lowest BCUT2D eigenvalue weighted by molar-refractivity contribution is 0.106. The van der Waals surface area contributed by atoms with Gasteiger partial charge in [0.1, 0.15) is 17.4 Å². The van der Waals surface area contributed by atoms with Gasteiger partial charge in [-0.15, -0.1) is 0 Å². The molecule has 2 nitrogen and oxygen atoms in total. The Morgan fingerprint density at radius 2 is 2.11 bits per heavy atom. The van der Waals surface area contributed by atoms with Crippen molar-refractivity contribution in [2.24, 2.45) is 17.8 Å². The van der Waals surface area contributed by atoms with Crippen molar-refractivity contribution in [3.63, 3.8) is 0 Å². The third kappa shape index (κ3) is 1.99. The molecule has 4 rings (SSSR count). The zero-order chi connectivity index (χ0) is 12.8. The summed E-state index contributed by atoms with van der Waals surface area (Å²) in [6.45, 7) is 0. The Balaban J connectivity index is 1.52. The first kappa shape index (κ1) is 11.5. The molecule has 0 radical (unpaired) electrons. The van der Waals surface area contributed by atoms with Crippen LogP contribution in [-0.2, 0) is 0 Å². The molecule has 1 N–H and O–H groups in total. The van der Waals surface area contributed by atoms with Crippen molar-refractivity contribution in [2.75, 3.05) is 0 Å². The zero-order valence-electron chi connectivity index (χ0n) is 11.1. The van der Waals surface area contributed by atoms with Crippen molar-refractivity contribution in [1.29, 1.82) is 0 Å². The van der Waals surface area contributed by atoms with E-state index in [0.717, 1.165) is 35.0 Å². The van der Waals surface area contributed by atoms with Gasteiger partial charge in [-0.2, -0.15) is 0 Å². The first-order valence-electron chi connectivity index (χ1n) is 7.46. The second-order valence-electron chi connectivity index (χ2n) is 6.37. The molecule has 4 unspecified atom stereocenters. The summed E-state index contributed by atoms with van der Waals surface area (Å²) in [6, 6.07) is 9.96. The maximum atomic E-state index is 10.4. The van der Waals surface area contributed by atoms with Gasteiger partial charge in [-0.05, 0) is 55.6 Å². The summed E-state index contributed by atoms with van der Waals surface area (Å²) >= 11 is 0. The minimum Gasteiger partial charge on any atom is -0.458 e. The standard InChI is InChI=1S/C17H20O2/c18-15(9-14-8-11-5-6-12(14)7-11)17-10-13-3-1-2-4-16(13)19-17/h1-4,10-12,14-15,18H,5-9H2. The molecule has 1 aromatic carbocycles. The number of fused-ring (bicyclic) bond motifs is 3. The van der Waals surface area contributed by atoms with Crippen molar-refractivity contribution in [1.82, 2.24) is 0 Å². The summed E-state index contributed by atoms with van der Waals surface area (Å²) in [5.74, 6) is 3.26. The van der Waals surface area contributed by atoms with Crippen molar-refractivity contribution >= 4 is 11.0 Å². The molecule has 1 aromatic heterocycles. The van der Waals surface area contributed by atoms with Gasteiger partial charge in [0.15, 0.2) is 0 Å². The highest BCUT2D eigenvalue weighted by molar-refractivity contribution is 5.77. The van der Waals surface area contributed by atoms with Crippen LogP contribution in [0.4, 0.5) is 0 Å². The Bertz CT molecular complexity index is 553. The summed E-state index contributed by atoms with van der Waals surface area (Å²) in [5.41, 5.74) is 0.879. The van der Waals surface area contributed by atoms with Crippen molar-refractivity contribution < 1.29 is 9.52 Å². The van der Waals surface area contributed by atoms with E-state index in [1.165, 1.54) is 25.7 Å². The Morgan fingerprint density at radius 3 is 2.84 bits per heavy atom. The van der Waals surface area contributed by atoms with Gasteiger partial charge in [-0.3, -0.25) is 0 Å². The second-order valence-corrected chi connectivity index (χ2v) is 6.37. The van der Waals surface area contributed by atoms with Gasteiger partial charge in [0, 0.05) is 5.39 Å². The normalized spacial score (nSPS) is 31.1. The Hall–Kier alpha value is -1.28. The molecule has 4 atom stereocenters. The third-order valence-electron chi connectivity index (χ3n) is 5.18.